The number of para-hydroxylation sites is 2. The van der Waals surface area contributed by atoms with Gasteiger partial charge in [0.15, 0.2) is 0 Å². The predicted octanol–water partition coefficient (Wildman–Crippen LogP) is 4.86. The summed E-state index contributed by atoms with van der Waals surface area (Å²) in [5.74, 6) is 1.89. The van der Waals surface area contributed by atoms with Gasteiger partial charge >= 0.3 is 0 Å². The molecule has 1 aliphatic carbocycles. The van der Waals surface area contributed by atoms with Crippen molar-refractivity contribution in [3.63, 3.8) is 0 Å². The summed E-state index contributed by atoms with van der Waals surface area (Å²) in [6.45, 7) is 5.31. The Kier molecular flexibility index (Phi) is 5.56. The molecule has 106 valence electrons. The van der Waals surface area contributed by atoms with Crippen LogP contribution in [0.3, 0.4) is 0 Å². The van der Waals surface area contributed by atoms with Crippen LogP contribution in [0, 0.1) is 5.92 Å². The molecule has 1 N–H and O–H groups in total. The second-order valence-electron chi connectivity index (χ2n) is 5.80. The summed E-state index contributed by atoms with van der Waals surface area (Å²) >= 11 is 0. The third-order valence-electron chi connectivity index (χ3n) is 3.97. The minimum absolute atomic E-state index is 0.608. The monoisotopic (exact) mass is 261 g/mol. The number of anilines is 1. The molecule has 1 aliphatic rings. The summed E-state index contributed by atoms with van der Waals surface area (Å²) in [5.41, 5.74) is 1.16. The molecule has 0 spiro atoms. The summed E-state index contributed by atoms with van der Waals surface area (Å²) in [5, 5.41) is 3.69. The van der Waals surface area contributed by atoms with Crippen LogP contribution in [0.2, 0.25) is 0 Å². The van der Waals surface area contributed by atoms with E-state index in [0.717, 1.165) is 30.4 Å². The molecule has 0 aromatic heterocycles. The molecule has 2 rings (SSSR count). The number of ether oxygens (including phenoxy) is 1. The van der Waals surface area contributed by atoms with Crippen LogP contribution in [0.25, 0.3) is 0 Å². The lowest BCUT2D eigenvalue weighted by Gasteiger charge is -2.20. The number of benzene rings is 1. The Balaban J connectivity index is 1.97. The van der Waals surface area contributed by atoms with Gasteiger partial charge in [0.1, 0.15) is 5.75 Å². The van der Waals surface area contributed by atoms with E-state index >= 15 is 0 Å². The zero-order chi connectivity index (χ0) is 13.5. The Hall–Kier alpha value is -1.18. The summed E-state index contributed by atoms with van der Waals surface area (Å²) in [6.07, 6.45) is 7.68. The smallest absolute Gasteiger partial charge is 0.142 e. The standard InChI is InChI=1S/C17H27NO/c1-3-13-19-17-10-5-4-9-16(17)18-15-8-6-7-14(2)11-12-15/h4-5,9-10,14-15,18H,3,6-8,11-13H2,1-2H3. The second-order valence-corrected chi connectivity index (χ2v) is 5.80. The Morgan fingerprint density at radius 2 is 2.00 bits per heavy atom. The molecule has 0 amide bonds. The lowest BCUT2D eigenvalue weighted by atomic mass is 10.0. The Bertz CT molecular complexity index is 377. The van der Waals surface area contributed by atoms with E-state index in [4.69, 9.17) is 4.74 Å². The van der Waals surface area contributed by atoms with Gasteiger partial charge < -0.3 is 10.1 Å². The van der Waals surface area contributed by atoms with Gasteiger partial charge in [0.2, 0.25) is 0 Å². The fraction of sp³-hybridized carbons (Fsp3) is 0.647. The number of rotatable bonds is 5. The van der Waals surface area contributed by atoms with Gasteiger partial charge in [-0.25, -0.2) is 0 Å². The van der Waals surface area contributed by atoms with E-state index in [9.17, 15) is 0 Å². The first kappa shape index (κ1) is 14.2. The zero-order valence-electron chi connectivity index (χ0n) is 12.3. The molecule has 0 heterocycles. The van der Waals surface area contributed by atoms with E-state index in [0.29, 0.717) is 6.04 Å². The Labute approximate surface area is 117 Å². The minimum Gasteiger partial charge on any atom is -0.491 e. The van der Waals surface area contributed by atoms with E-state index in [-0.39, 0.29) is 0 Å². The topological polar surface area (TPSA) is 21.3 Å². The number of nitrogens with one attached hydrogen (secondary N) is 1. The Morgan fingerprint density at radius 1 is 1.16 bits per heavy atom. The molecule has 0 saturated heterocycles. The van der Waals surface area contributed by atoms with Crippen molar-refractivity contribution in [2.45, 2.75) is 58.4 Å². The zero-order valence-corrected chi connectivity index (χ0v) is 12.3. The van der Waals surface area contributed by atoms with Crippen LogP contribution in [-0.4, -0.2) is 12.6 Å². The predicted molar refractivity (Wildman–Crippen MR) is 81.9 cm³/mol. The first-order valence-corrected chi connectivity index (χ1v) is 7.78. The van der Waals surface area contributed by atoms with Crippen molar-refractivity contribution in [3.05, 3.63) is 24.3 Å². The Morgan fingerprint density at radius 3 is 2.84 bits per heavy atom. The molecule has 1 saturated carbocycles. The lowest BCUT2D eigenvalue weighted by molar-refractivity contribution is 0.318. The van der Waals surface area contributed by atoms with Gasteiger partial charge in [0, 0.05) is 6.04 Å². The van der Waals surface area contributed by atoms with Crippen molar-refractivity contribution < 1.29 is 4.74 Å². The molecule has 19 heavy (non-hydrogen) atoms. The summed E-state index contributed by atoms with van der Waals surface area (Å²) in [4.78, 5) is 0. The van der Waals surface area contributed by atoms with E-state index in [1.165, 1.54) is 32.1 Å². The average molecular weight is 261 g/mol. The molecule has 0 aliphatic heterocycles. The second kappa shape index (κ2) is 7.42. The third-order valence-corrected chi connectivity index (χ3v) is 3.97. The SMILES string of the molecule is CCCOc1ccccc1NC1CCCC(C)CC1. The first-order chi connectivity index (χ1) is 9.29. The van der Waals surface area contributed by atoms with Gasteiger partial charge in [-0.3, -0.25) is 0 Å². The number of hydrogen-bond acceptors (Lipinski definition) is 2. The van der Waals surface area contributed by atoms with Crippen molar-refractivity contribution >= 4 is 5.69 Å². The maximum Gasteiger partial charge on any atom is 0.142 e. The van der Waals surface area contributed by atoms with Gasteiger partial charge in [-0.15, -0.1) is 0 Å². The van der Waals surface area contributed by atoms with E-state index in [1.807, 2.05) is 6.07 Å². The average Bonchev–Trinajstić information content (AvgIpc) is 2.63. The highest BCUT2D eigenvalue weighted by molar-refractivity contribution is 5.56. The summed E-state index contributed by atoms with van der Waals surface area (Å²) < 4.78 is 5.82. The van der Waals surface area contributed by atoms with Gasteiger partial charge in [0.25, 0.3) is 0 Å². The van der Waals surface area contributed by atoms with Crippen LogP contribution < -0.4 is 10.1 Å². The van der Waals surface area contributed by atoms with Crippen molar-refractivity contribution in [3.8, 4) is 5.75 Å². The van der Waals surface area contributed by atoms with Gasteiger partial charge in [0.05, 0.1) is 12.3 Å². The molecule has 1 aromatic rings. The fourth-order valence-electron chi connectivity index (χ4n) is 2.78. The lowest BCUT2D eigenvalue weighted by Crippen LogP contribution is -2.19. The maximum atomic E-state index is 5.82. The van der Waals surface area contributed by atoms with Crippen molar-refractivity contribution in [1.82, 2.24) is 0 Å². The molecule has 0 radical (unpaired) electrons. The van der Waals surface area contributed by atoms with Crippen LogP contribution in [0.4, 0.5) is 5.69 Å². The molecule has 2 unspecified atom stereocenters. The summed E-state index contributed by atoms with van der Waals surface area (Å²) in [6, 6.07) is 8.94. The van der Waals surface area contributed by atoms with Crippen LogP contribution in [0.15, 0.2) is 24.3 Å². The van der Waals surface area contributed by atoms with E-state index in [2.05, 4.69) is 37.4 Å². The van der Waals surface area contributed by atoms with Crippen LogP contribution in [0.5, 0.6) is 5.75 Å². The van der Waals surface area contributed by atoms with Crippen LogP contribution >= 0.6 is 0 Å². The maximum absolute atomic E-state index is 5.82. The summed E-state index contributed by atoms with van der Waals surface area (Å²) in [7, 11) is 0. The molecule has 1 aromatic carbocycles. The van der Waals surface area contributed by atoms with Crippen LogP contribution in [0.1, 0.15) is 52.4 Å². The van der Waals surface area contributed by atoms with E-state index < -0.39 is 0 Å². The highest BCUT2D eigenvalue weighted by Gasteiger charge is 2.17. The molecule has 2 nitrogen and oxygen atoms in total. The van der Waals surface area contributed by atoms with Gasteiger partial charge in [-0.1, -0.05) is 38.8 Å². The van der Waals surface area contributed by atoms with Crippen molar-refractivity contribution in [2.24, 2.45) is 5.92 Å². The molecule has 2 heteroatoms. The fourth-order valence-corrected chi connectivity index (χ4v) is 2.78. The molecular formula is C17H27NO. The van der Waals surface area contributed by atoms with E-state index in [1.54, 1.807) is 0 Å². The molecule has 0 bridgehead atoms. The number of hydrogen-bond donors (Lipinski definition) is 1. The third kappa shape index (κ3) is 4.45. The normalized spacial score (nSPS) is 23.7. The van der Waals surface area contributed by atoms with Crippen molar-refractivity contribution in [1.29, 1.82) is 0 Å². The molecule has 2 atom stereocenters. The largest absolute Gasteiger partial charge is 0.491 e. The van der Waals surface area contributed by atoms with Crippen molar-refractivity contribution in [2.75, 3.05) is 11.9 Å². The minimum atomic E-state index is 0.608. The van der Waals surface area contributed by atoms with Crippen LogP contribution in [-0.2, 0) is 0 Å². The highest BCUT2D eigenvalue weighted by Crippen LogP contribution is 2.29. The molecule has 1 fully saturated rings. The van der Waals surface area contributed by atoms with Gasteiger partial charge in [-0.2, -0.15) is 0 Å². The first-order valence-electron chi connectivity index (χ1n) is 7.78. The van der Waals surface area contributed by atoms with Gasteiger partial charge in [-0.05, 0) is 43.7 Å². The highest BCUT2D eigenvalue weighted by atomic mass is 16.5. The molecular weight excluding hydrogens is 234 g/mol. The quantitative estimate of drug-likeness (QED) is 0.764.